The lowest BCUT2D eigenvalue weighted by Crippen LogP contribution is -2.11. The summed E-state index contributed by atoms with van der Waals surface area (Å²) in [7, 11) is 0.398. The van der Waals surface area contributed by atoms with Crippen LogP contribution in [-0.4, -0.2) is 39.3 Å². The molecule has 0 spiro atoms. The van der Waals surface area contributed by atoms with Crippen LogP contribution in [-0.2, 0) is 14.6 Å². The van der Waals surface area contributed by atoms with Crippen LogP contribution in [0.25, 0.3) is 10.8 Å². The Balaban J connectivity index is 2.35. The van der Waals surface area contributed by atoms with E-state index >= 15 is 0 Å². The summed E-state index contributed by atoms with van der Waals surface area (Å²) in [6, 6.07) is 10.9. The maximum absolute atomic E-state index is 12.6. The number of anilines is 1. The Hall–Kier alpha value is -2.08. The smallest absolute Gasteiger partial charge is 0.303 e. The molecule has 0 saturated heterocycles. The van der Waals surface area contributed by atoms with Crippen LogP contribution in [0.2, 0.25) is 0 Å². The Morgan fingerprint density at radius 1 is 1.04 bits per heavy atom. The second kappa shape index (κ2) is 7.00. The van der Waals surface area contributed by atoms with Crippen molar-refractivity contribution in [2.75, 3.05) is 24.7 Å². The van der Waals surface area contributed by atoms with Gasteiger partial charge in [0.2, 0.25) is 0 Å². The predicted molar refractivity (Wildman–Crippen MR) is 91.8 cm³/mol. The molecule has 124 valence electrons. The number of carboxylic acids is 1. The average molecular weight is 335 g/mol. The highest BCUT2D eigenvalue weighted by Crippen LogP contribution is 2.30. The number of unbranched alkanes of at least 4 members (excludes halogenated alkanes) is 1. The quantitative estimate of drug-likeness (QED) is 0.788. The Morgan fingerprint density at radius 2 is 1.70 bits per heavy atom. The van der Waals surface area contributed by atoms with Gasteiger partial charge in [0.15, 0.2) is 9.84 Å². The molecular formula is C17H21NO4S. The van der Waals surface area contributed by atoms with E-state index in [0.29, 0.717) is 23.1 Å². The molecule has 5 nitrogen and oxygen atoms in total. The first kappa shape index (κ1) is 17.3. The molecule has 0 aromatic heterocycles. The highest BCUT2D eigenvalue weighted by molar-refractivity contribution is 7.91. The van der Waals surface area contributed by atoms with Crippen molar-refractivity contribution in [3.05, 3.63) is 36.4 Å². The van der Waals surface area contributed by atoms with Gasteiger partial charge in [-0.1, -0.05) is 24.3 Å². The fourth-order valence-electron chi connectivity index (χ4n) is 2.60. The summed E-state index contributed by atoms with van der Waals surface area (Å²) in [4.78, 5) is 12.8. The van der Waals surface area contributed by atoms with Crippen LogP contribution in [0, 0.1) is 0 Å². The normalized spacial score (nSPS) is 11.6. The van der Waals surface area contributed by atoms with Gasteiger partial charge in [-0.3, -0.25) is 4.79 Å². The van der Waals surface area contributed by atoms with Crippen molar-refractivity contribution in [2.24, 2.45) is 0 Å². The van der Waals surface area contributed by atoms with Crippen LogP contribution < -0.4 is 4.90 Å². The number of aliphatic carboxylic acids is 1. The van der Waals surface area contributed by atoms with Gasteiger partial charge in [-0.25, -0.2) is 8.42 Å². The van der Waals surface area contributed by atoms with Crippen molar-refractivity contribution in [1.29, 1.82) is 0 Å². The molecule has 0 unspecified atom stereocenters. The minimum atomic E-state index is -3.44. The number of sulfone groups is 1. The lowest BCUT2D eigenvalue weighted by molar-refractivity contribution is -0.137. The summed E-state index contributed by atoms with van der Waals surface area (Å²) in [5, 5.41) is 10.2. The van der Waals surface area contributed by atoms with Crippen molar-refractivity contribution in [3.63, 3.8) is 0 Å². The topological polar surface area (TPSA) is 74.7 Å². The van der Waals surface area contributed by atoms with Crippen molar-refractivity contribution < 1.29 is 18.3 Å². The number of carboxylic acid groups (broad SMARTS) is 1. The first-order chi connectivity index (χ1) is 10.8. The van der Waals surface area contributed by atoms with Crippen molar-refractivity contribution in [2.45, 2.75) is 24.2 Å². The lowest BCUT2D eigenvalue weighted by atomic mass is 10.1. The van der Waals surface area contributed by atoms with Crippen molar-refractivity contribution in [1.82, 2.24) is 0 Å². The van der Waals surface area contributed by atoms with E-state index < -0.39 is 15.8 Å². The molecule has 0 atom stereocenters. The summed E-state index contributed by atoms with van der Waals surface area (Å²) in [5.41, 5.74) is 0.963. The number of carbonyl (C=O) groups is 1. The van der Waals surface area contributed by atoms with Crippen LogP contribution in [0.5, 0.6) is 0 Å². The van der Waals surface area contributed by atoms with E-state index in [1.54, 1.807) is 12.1 Å². The standard InChI is InChI=1S/C17H21NO4S/c1-18(2)15-9-5-8-14-13(15)7-6-10-16(14)23(21,22)12-4-3-11-17(19)20/h5-10H,3-4,11-12H2,1-2H3,(H,19,20). The molecule has 0 amide bonds. The zero-order chi connectivity index (χ0) is 17.0. The molecule has 0 radical (unpaired) electrons. The van der Waals surface area contributed by atoms with E-state index in [-0.39, 0.29) is 12.2 Å². The summed E-state index contributed by atoms with van der Waals surface area (Å²) in [6.45, 7) is 0. The van der Waals surface area contributed by atoms with Crippen LogP contribution in [0.4, 0.5) is 5.69 Å². The molecular weight excluding hydrogens is 314 g/mol. The maximum Gasteiger partial charge on any atom is 0.303 e. The highest BCUT2D eigenvalue weighted by Gasteiger charge is 2.18. The minimum Gasteiger partial charge on any atom is -0.481 e. The first-order valence-corrected chi connectivity index (χ1v) is 9.12. The third-order valence-corrected chi connectivity index (χ3v) is 5.58. The average Bonchev–Trinajstić information content (AvgIpc) is 2.50. The lowest BCUT2D eigenvalue weighted by Gasteiger charge is -2.17. The van der Waals surface area contributed by atoms with E-state index in [4.69, 9.17) is 5.11 Å². The number of benzene rings is 2. The zero-order valence-corrected chi connectivity index (χ0v) is 14.1. The molecule has 6 heteroatoms. The molecule has 2 rings (SSSR count). The first-order valence-electron chi connectivity index (χ1n) is 7.46. The Morgan fingerprint density at radius 3 is 2.35 bits per heavy atom. The van der Waals surface area contributed by atoms with Gasteiger partial charge in [-0.05, 0) is 25.0 Å². The minimum absolute atomic E-state index is 0.00413. The van der Waals surface area contributed by atoms with Gasteiger partial charge >= 0.3 is 5.97 Å². The van der Waals surface area contributed by atoms with Crippen LogP contribution in [0.3, 0.4) is 0 Å². The Labute approximate surface area is 136 Å². The molecule has 1 N–H and O–H groups in total. The maximum atomic E-state index is 12.6. The number of rotatable bonds is 7. The molecule has 0 fully saturated rings. The molecule has 23 heavy (non-hydrogen) atoms. The zero-order valence-electron chi connectivity index (χ0n) is 13.3. The van der Waals surface area contributed by atoms with E-state index in [1.807, 2.05) is 43.3 Å². The van der Waals surface area contributed by atoms with Gasteiger partial charge in [0, 0.05) is 37.0 Å². The van der Waals surface area contributed by atoms with E-state index in [1.165, 1.54) is 0 Å². The summed E-state index contributed by atoms with van der Waals surface area (Å²) in [5.74, 6) is -0.936. The third kappa shape index (κ3) is 4.01. The van der Waals surface area contributed by atoms with Gasteiger partial charge in [-0.2, -0.15) is 0 Å². The number of hydrogen-bond donors (Lipinski definition) is 1. The van der Waals surface area contributed by atoms with Gasteiger partial charge in [0.1, 0.15) is 0 Å². The predicted octanol–water partition coefficient (Wildman–Crippen LogP) is 2.93. The second-order valence-electron chi connectivity index (χ2n) is 5.69. The third-order valence-electron chi connectivity index (χ3n) is 3.73. The number of hydrogen-bond acceptors (Lipinski definition) is 4. The largest absolute Gasteiger partial charge is 0.481 e. The molecule has 0 aliphatic carbocycles. The SMILES string of the molecule is CN(C)c1cccc2c(S(=O)(=O)CCCCC(=O)O)cccc12. The van der Waals surface area contributed by atoms with Crippen molar-refractivity contribution in [3.8, 4) is 0 Å². The summed E-state index contributed by atoms with van der Waals surface area (Å²) < 4.78 is 25.2. The molecule has 2 aromatic carbocycles. The molecule has 0 heterocycles. The van der Waals surface area contributed by atoms with Crippen LogP contribution in [0.1, 0.15) is 19.3 Å². The number of nitrogens with zero attached hydrogens (tertiary/aromatic N) is 1. The van der Waals surface area contributed by atoms with Gasteiger partial charge in [0.05, 0.1) is 10.6 Å². The molecule has 2 aromatic rings. The van der Waals surface area contributed by atoms with Crippen LogP contribution in [0.15, 0.2) is 41.3 Å². The summed E-state index contributed by atoms with van der Waals surface area (Å²) in [6.07, 6.45) is 0.705. The van der Waals surface area contributed by atoms with Gasteiger partial charge < -0.3 is 10.0 Å². The molecule has 0 aliphatic heterocycles. The Kier molecular flexibility index (Phi) is 5.26. The summed E-state index contributed by atoms with van der Waals surface area (Å²) >= 11 is 0. The van der Waals surface area contributed by atoms with Crippen LogP contribution >= 0.6 is 0 Å². The highest BCUT2D eigenvalue weighted by atomic mass is 32.2. The van der Waals surface area contributed by atoms with E-state index in [0.717, 1.165) is 11.1 Å². The monoisotopic (exact) mass is 335 g/mol. The molecule has 0 saturated carbocycles. The second-order valence-corrected chi connectivity index (χ2v) is 7.77. The van der Waals surface area contributed by atoms with Gasteiger partial charge in [-0.15, -0.1) is 0 Å². The fraction of sp³-hybridized carbons (Fsp3) is 0.353. The fourth-order valence-corrected chi connectivity index (χ4v) is 4.21. The molecule has 0 bridgehead atoms. The Bertz CT molecular complexity index is 812. The number of fused-ring (bicyclic) bond motifs is 1. The molecule has 0 aliphatic rings. The van der Waals surface area contributed by atoms with Crippen molar-refractivity contribution >= 4 is 32.3 Å². The van der Waals surface area contributed by atoms with Gasteiger partial charge in [0.25, 0.3) is 0 Å². The van der Waals surface area contributed by atoms with E-state index in [2.05, 4.69) is 0 Å². The van der Waals surface area contributed by atoms with E-state index in [9.17, 15) is 13.2 Å².